The Balaban J connectivity index is 0.00000272. The Morgan fingerprint density at radius 1 is 1.19 bits per heavy atom. The minimum Gasteiger partial charge on any atom is -0.383 e. The predicted octanol–water partition coefficient (Wildman–Crippen LogP) is 1.88. The Morgan fingerprint density at radius 3 is 2.81 bits per heavy atom. The van der Waals surface area contributed by atoms with Gasteiger partial charge in [0, 0.05) is 59.5 Å². The van der Waals surface area contributed by atoms with E-state index >= 15 is 0 Å². The molecule has 0 amide bonds. The topological polar surface area (TPSA) is 52.6 Å². The number of aliphatic imine (C=N–C) groups is 1. The zero-order valence-corrected chi connectivity index (χ0v) is 21.2. The smallest absolute Gasteiger partial charge is 0.193 e. The van der Waals surface area contributed by atoms with E-state index in [-0.39, 0.29) is 30.1 Å². The third-order valence-corrected chi connectivity index (χ3v) is 6.73. The van der Waals surface area contributed by atoms with Gasteiger partial charge in [0.05, 0.1) is 25.4 Å². The van der Waals surface area contributed by atoms with Crippen molar-refractivity contribution >= 4 is 29.9 Å². The van der Waals surface area contributed by atoms with Crippen LogP contribution in [-0.4, -0.2) is 105 Å². The van der Waals surface area contributed by atoms with Crippen LogP contribution in [0, 0.1) is 0 Å². The van der Waals surface area contributed by atoms with Crippen molar-refractivity contribution in [1.29, 1.82) is 0 Å². The van der Waals surface area contributed by atoms with Gasteiger partial charge in [-0.05, 0) is 24.9 Å². The Morgan fingerprint density at radius 2 is 2.03 bits per heavy atom. The van der Waals surface area contributed by atoms with E-state index in [0.717, 1.165) is 58.4 Å². The molecule has 0 radical (unpaired) electrons. The zero-order valence-electron chi connectivity index (χ0n) is 18.9. The van der Waals surface area contributed by atoms with Gasteiger partial charge in [-0.1, -0.05) is 30.3 Å². The number of halogens is 1. The summed E-state index contributed by atoms with van der Waals surface area (Å²) in [4.78, 5) is 12.1. The molecule has 3 aliphatic heterocycles. The number of likely N-dealkylation sites (tertiary alicyclic amines) is 2. The second-order valence-electron chi connectivity index (χ2n) is 8.59. The normalized spacial score (nSPS) is 27.2. The van der Waals surface area contributed by atoms with Crippen LogP contribution in [0.15, 0.2) is 35.3 Å². The van der Waals surface area contributed by atoms with Gasteiger partial charge in [0.2, 0.25) is 0 Å². The first-order valence-electron chi connectivity index (χ1n) is 11.4. The fourth-order valence-corrected chi connectivity index (χ4v) is 5.12. The minimum absolute atomic E-state index is 0. The van der Waals surface area contributed by atoms with Crippen molar-refractivity contribution < 1.29 is 9.47 Å². The highest BCUT2D eigenvalue weighted by Gasteiger charge is 2.41. The Hall–Kier alpha value is -0.940. The number of rotatable bonds is 7. The summed E-state index contributed by atoms with van der Waals surface area (Å²) in [5.41, 5.74) is 1.37. The molecule has 0 bridgehead atoms. The number of guanidine groups is 1. The molecule has 3 unspecified atom stereocenters. The number of methoxy groups -OCH3 is 1. The van der Waals surface area contributed by atoms with E-state index in [1.165, 1.54) is 24.9 Å². The summed E-state index contributed by atoms with van der Waals surface area (Å²) < 4.78 is 11.4. The third-order valence-electron chi connectivity index (χ3n) is 6.73. The molecule has 0 aromatic heterocycles. The molecule has 3 saturated heterocycles. The number of morpholine rings is 1. The summed E-state index contributed by atoms with van der Waals surface area (Å²) >= 11 is 0. The average Bonchev–Trinajstić information content (AvgIpc) is 3.41. The van der Waals surface area contributed by atoms with Crippen LogP contribution in [0.5, 0.6) is 0 Å². The maximum atomic E-state index is 6.15. The molecule has 0 spiro atoms. The number of benzene rings is 1. The van der Waals surface area contributed by atoms with Crippen molar-refractivity contribution in [1.82, 2.24) is 20.0 Å². The maximum absolute atomic E-state index is 6.15. The molecular formula is C23H38IN5O2. The van der Waals surface area contributed by atoms with Crippen LogP contribution in [0.1, 0.15) is 18.4 Å². The van der Waals surface area contributed by atoms with E-state index in [1.807, 2.05) is 7.05 Å². The van der Waals surface area contributed by atoms with Crippen LogP contribution < -0.4 is 5.32 Å². The number of fused-ring (bicyclic) bond motifs is 1. The van der Waals surface area contributed by atoms with Crippen molar-refractivity contribution in [3.8, 4) is 0 Å². The van der Waals surface area contributed by atoms with Gasteiger partial charge in [0.1, 0.15) is 0 Å². The molecule has 1 aromatic carbocycles. The number of hydrogen-bond acceptors (Lipinski definition) is 5. The SMILES string of the molecule is CN=C(NCC1CCCN1CCOC)N1CC2OCCN(Cc3ccccc3)C2C1.I. The first-order valence-corrected chi connectivity index (χ1v) is 11.4. The summed E-state index contributed by atoms with van der Waals surface area (Å²) in [5, 5.41) is 3.65. The average molecular weight is 543 g/mol. The predicted molar refractivity (Wildman–Crippen MR) is 135 cm³/mol. The molecule has 3 fully saturated rings. The van der Waals surface area contributed by atoms with Crippen molar-refractivity contribution in [2.75, 3.05) is 66.6 Å². The number of nitrogens with one attached hydrogen (secondary N) is 1. The lowest BCUT2D eigenvalue weighted by Gasteiger charge is -2.36. The largest absolute Gasteiger partial charge is 0.383 e. The molecule has 3 aliphatic rings. The van der Waals surface area contributed by atoms with Crippen molar-refractivity contribution in [2.45, 2.75) is 37.6 Å². The van der Waals surface area contributed by atoms with Crippen LogP contribution in [-0.2, 0) is 16.0 Å². The van der Waals surface area contributed by atoms with E-state index in [2.05, 4.69) is 55.3 Å². The van der Waals surface area contributed by atoms with Gasteiger partial charge in [-0.3, -0.25) is 14.8 Å². The van der Waals surface area contributed by atoms with Gasteiger partial charge in [-0.15, -0.1) is 24.0 Å². The molecule has 0 aliphatic carbocycles. The third kappa shape index (κ3) is 6.31. The highest BCUT2D eigenvalue weighted by atomic mass is 127. The highest BCUT2D eigenvalue weighted by Crippen LogP contribution is 2.25. The summed E-state index contributed by atoms with van der Waals surface area (Å²) in [6.07, 6.45) is 2.77. The van der Waals surface area contributed by atoms with Gasteiger partial charge < -0.3 is 19.7 Å². The second kappa shape index (κ2) is 12.3. The van der Waals surface area contributed by atoms with E-state index in [0.29, 0.717) is 12.1 Å². The van der Waals surface area contributed by atoms with Crippen LogP contribution in [0.4, 0.5) is 0 Å². The fourth-order valence-electron chi connectivity index (χ4n) is 5.12. The summed E-state index contributed by atoms with van der Waals surface area (Å²) in [6, 6.07) is 11.7. The molecule has 0 saturated carbocycles. The quantitative estimate of drug-likeness (QED) is 0.322. The molecule has 1 aromatic rings. The lowest BCUT2D eigenvalue weighted by molar-refractivity contribution is -0.0502. The summed E-state index contributed by atoms with van der Waals surface area (Å²) in [5.74, 6) is 1.01. The standard InChI is InChI=1S/C23H37N5O2.HI/c1-24-23(25-15-20-9-6-10-26(20)11-13-29-2)28-17-21-22(18-28)30-14-12-27(21)16-19-7-4-3-5-8-19;/h3-5,7-8,20-22H,6,9-18H2,1-2H3,(H,24,25);1H. The van der Waals surface area contributed by atoms with Crippen LogP contribution in [0.3, 0.4) is 0 Å². The molecule has 1 N–H and O–H groups in total. The lowest BCUT2D eigenvalue weighted by atomic mass is 10.1. The number of nitrogens with zero attached hydrogens (tertiary/aromatic N) is 4. The van der Waals surface area contributed by atoms with Gasteiger partial charge >= 0.3 is 0 Å². The molecule has 3 heterocycles. The van der Waals surface area contributed by atoms with Crippen LogP contribution >= 0.6 is 24.0 Å². The zero-order chi connectivity index (χ0) is 20.8. The number of ether oxygens (including phenoxy) is 2. The number of hydrogen-bond donors (Lipinski definition) is 1. The molecule has 7 nitrogen and oxygen atoms in total. The van der Waals surface area contributed by atoms with E-state index < -0.39 is 0 Å². The molecule has 174 valence electrons. The van der Waals surface area contributed by atoms with Gasteiger partial charge in [0.25, 0.3) is 0 Å². The first kappa shape index (κ1) is 24.7. The maximum Gasteiger partial charge on any atom is 0.193 e. The van der Waals surface area contributed by atoms with Crippen molar-refractivity contribution in [2.24, 2.45) is 4.99 Å². The molecular weight excluding hydrogens is 505 g/mol. The minimum atomic E-state index is 0. The molecule has 4 rings (SSSR count). The summed E-state index contributed by atoms with van der Waals surface area (Å²) in [6.45, 7) is 8.59. The monoisotopic (exact) mass is 543 g/mol. The van der Waals surface area contributed by atoms with Crippen LogP contribution in [0.25, 0.3) is 0 Å². The van der Waals surface area contributed by atoms with E-state index in [4.69, 9.17) is 9.47 Å². The Kier molecular flexibility index (Phi) is 9.83. The summed E-state index contributed by atoms with van der Waals surface area (Å²) in [7, 11) is 3.67. The van der Waals surface area contributed by atoms with Gasteiger partial charge in [-0.25, -0.2) is 0 Å². The Labute approximate surface area is 204 Å². The van der Waals surface area contributed by atoms with Crippen LogP contribution in [0.2, 0.25) is 0 Å². The van der Waals surface area contributed by atoms with Crippen molar-refractivity contribution in [3.63, 3.8) is 0 Å². The van der Waals surface area contributed by atoms with E-state index in [9.17, 15) is 0 Å². The first-order chi connectivity index (χ1) is 14.8. The lowest BCUT2D eigenvalue weighted by Crippen LogP contribution is -2.50. The van der Waals surface area contributed by atoms with E-state index in [1.54, 1.807) is 7.11 Å². The van der Waals surface area contributed by atoms with Crippen molar-refractivity contribution in [3.05, 3.63) is 35.9 Å². The highest BCUT2D eigenvalue weighted by molar-refractivity contribution is 14.0. The Bertz CT molecular complexity index is 692. The molecule has 3 atom stereocenters. The molecule has 8 heteroatoms. The second-order valence-corrected chi connectivity index (χ2v) is 8.59. The van der Waals surface area contributed by atoms with Gasteiger partial charge in [0.15, 0.2) is 5.96 Å². The molecule has 31 heavy (non-hydrogen) atoms. The van der Waals surface area contributed by atoms with Gasteiger partial charge in [-0.2, -0.15) is 0 Å². The fraction of sp³-hybridized carbons (Fsp3) is 0.696.